The molecule has 23 heavy (non-hydrogen) atoms. The Morgan fingerprint density at radius 1 is 1.17 bits per heavy atom. The van der Waals surface area contributed by atoms with Crippen molar-refractivity contribution in [3.63, 3.8) is 0 Å². The summed E-state index contributed by atoms with van der Waals surface area (Å²) in [6.45, 7) is 6.89. The topological polar surface area (TPSA) is 57.2 Å². The van der Waals surface area contributed by atoms with E-state index in [2.05, 4.69) is 15.2 Å². The monoisotopic (exact) mass is 324 g/mol. The molecule has 2 fully saturated rings. The van der Waals surface area contributed by atoms with Crippen LogP contribution in [0.4, 0.5) is 0 Å². The Morgan fingerprint density at radius 3 is 2.43 bits per heavy atom. The molecule has 1 saturated carbocycles. The van der Waals surface area contributed by atoms with E-state index in [4.69, 9.17) is 4.74 Å². The SMILES string of the molecule is CN=C(NCC1(CCOC)CCC1)N1CCCN(C(C)=O)CC1. The van der Waals surface area contributed by atoms with Gasteiger partial charge in [-0.25, -0.2) is 0 Å². The third-order valence-corrected chi connectivity index (χ3v) is 5.32. The first-order valence-electron chi connectivity index (χ1n) is 8.80. The minimum absolute atomic E-state index is 0.169. The average molecular weight is 324 g/mol. The maximum absolute atomic E-state index is 11.6. The Labute approximate surface area is 140 Å². The van der Waals surface area contributed by atoms with Crippen molar-refractivity contribution in [3.8, 4) is 0 Å². The zero-order valence-corrected chi connectivity index (χ0v) is 14.9. The largest absolute Gasteiger partial charge is 0.385 e. The number of nitrogens with one attached hydrogen (secondary N) is 1. The summed E-state index contributed by atoms with van der Waals surface area (Å²) in [5, 5.41) is 3.58. The van der Waals surface area contributed by atoms with Gasteiger partial charge in [0, 0.05) is 60.4 Å². The minimum Gasteiger partial charge on any atom is -0.385 e. The standard InChI is InChI=1S/C17H32N4O2/c1-15(22)20-9-5-10-21(12-11-20)16(18-2)19-14-17(6-4-7-17)8-13-23-3/h4-14H2,1-3H3,(H,18,19). The van der Waals surface area contributed by atoms with E-state index in [0.29, 0.717) is 5.41 Å². The summed E-state index contributed by atoms with van der Waals surface area (Å²) in [6, 6.07) is 0. The van der Waals surface area contributed by atoms with Gasteiger partial charge >= 0.3 is 0 Å². The lowest BCUT2D eigenvalue weighted by molar-refractivity contribution is -0.128. The fraction of sp³-hybridized carbons (Fsp3) is 0.882. The molecule has 0 aromatic heterocycles. The number of carbonyl (C=O) groups is 1. The normalized spacial score (nSPS) is 21.6. The maximum atomic E-state index is 11.6. The van der Waals surface area contributed by atoms with Crippen molar-refractivity contribution in [2.75, 3.05) is 53.5 Å². The first-order valence-corrected chi connectivity index (χ1v) is 8.80. The van der Waals surface area contributed by atoms with Crippen LogP contribution in [-0.2, 0) is 9.53 Å². The summed E-state index contributed by atoms with van der Waals surface area (Å²) in [6.07, 6.45) is 5.99. The van der Waals surface area contributed by atoms with E-state index >= 15 is 0 Å². The fourth-order valence-corrected chi connectivity index (χ4v) is 3.55. The van der Waals surface area contributed by atoms with Crippen LogP contribution in [0, 0.1) is 5.41 Å². The summed E-state index contributed by atoms with van der Waals surface area (Å²) in [4.78, 5) is 20.2. The van der Waals surface area contributed by atoms with Gasteiger partial charge < -0.3 is 19.9 Å². The van der Waals surface area contributed by atoms with E-state index in [1.165, 1.54) is 19.3 Å². The van der Waals surface area contributed by atoms with Crippen LogP contribution in [0.15, 0.2) is 4.99 Å². The molecule has 6 heteroatoms. The maximum Gasteiger partial charge on any atom is 0.219 e. The van der Waals surface area contributed by atoms with Gasteiger partial charge in [-0.05, 0) is 31.1 Å². The second-order valence-corrected chi connectivity index (χ2v) is 6.84. The Bertz CT molecular complexity index is 421. The fourth-order valence-electron chi connectivity index (χ4n) is 3.55. The lowest BCUT2D eigenvalue weighted by Crippen LogP contribution is -2.49. The first kappa shape index (κ1) is 18.0. The molecule has 1 aliphatic carbocycles. The van der Waals surface area contributed by atoms with Crippen molar-refractivity contribution >= 4 is 11.9 Å². The van der Waals surface area contributed by atoms with Crippen LogP contribution in [0.3, 0.4) is 0 Å². The molecule has 1 amide bonds. The van der Waals surface area contributed by atoms with Crippen molar-refractivity contribution in [1.82, 2.24) is 15.1 Å². The molecule has 0 atom stereocenters. The van der Waals surface area contributed by atoms with Gasteiger partial charge in [0.2, 0.25) is 5.91 Å². The van der Waals surface area contributed by atoms with Gasteiger partial charge in [-0.3, -0.25) is 9.79 Å². The van der Waals surface area contributed by atoms with Crippen molar-refractivity contribution in [2.24, 2.45) is 10.4 Å². The van der Waals surface area contributed by atoms with E-state index < -0.39 is 0 Å². The van der Waals surface area contributed by atoms with E-state index in [9.17, 15) is 4.79 Å². The number of ether oxygens (including phenoxy) is 1. The molecule has 2 rings (SSSR count). The number of hydrogen-bond donors (Lipinski definition) is 1. The van der Waals surface area contributed by atoms with E-state index in [1.54, 1.807) is 14.0 Å². The Hall–Kier alpha value is -1.30. The predicted octanol–water partition coefficient (Wildman–Crippen LogP) is 1.32. The Morgan fingerprint density at radius 2 is 1.87 bits per heavy atom. The summed E-state index contributed by atoms with van der Waals surface area (Å²) in [5.74, 6) is 1.14. The smallest absolute Gasteiger partial charge is 0.219 e. The van der Waals surface area contributed by atoms with Crippen molar-refractivity contribution in [3.05, 3.63) is 0 Å². The van der Waals surface area contributed by atoms with Gasteiger partial charge in [0.05, 0.1) is 0 Å². The molecule has 1 aliphatic heterocycles. The quantitative estimate of drug-likeness (QED) is 0.612. The lowest BCUT2D eigenvalue weighted by atomic mass is 9.67. The molecule has 0 aromatic carbocycles. The molecule has 1 heterocycles. The van der Waals surface area contributed by atoms with E-state index in [0.717, 1.165) is 58.1 Å². The van der Waals surface area contributed by atoms with E-state index in [-0.39, 0.29) is 5.91 Å². The third kappa shape index (κ3) is 4.83. The molecule has 1 saturated heterocycles. The molecule has 0 aromatic rings. The Balaban J connectivity index is 1.86. The number of guanidine groups is 1. The molecule has 6 nitrogen and oxygen atoms in total. The van der Waals surface area contributed by atoms with Crippen LogP contribution in [0.1, 0.15) is 39.0 Å². The average Bonchev–Trinajstić information content (AvgIpc) is 2.75. The number of methoxy groups -OCH3 is 1. The molecule has 1 N–H and O–H groups in total. The van der Waals surface area contributed by atoms with E-state index in [1.807, 2.05) is 11.9 Å². The highest BCUT2D eigenvalue weighted by molar-refractivity contribution is 5.80. The van der Waals surface area contributed by atoms with Gasteiger partial charge in [-0.15, -0.1) is 0 Å². The number of amides is 1. The molecular weight excluding hydrogens is 292 g/mol. The first-order chi connectivity index (χ1) is 11.1. The van der Waals surface area contributed by atoms with Crippen LogP contribution in [0.25, 0.3) is 0 Å². The molecule has 0 spiro atoms. The van der Waals surface area contributed by atoms with Crippen LogP contribution < -0.4 is 5.32 Å². The number of rotatable bonds is 5. The van der Waals surface area contributed by atoms with Crippen LogP contribution in [0.5, 0.6) is 0 Å². The van der Waals surface area contributed by atoms with Gasteiger partial charge in [-0.2, -0.15) is 0 Å². The highest BCUT2D eigenvalue weighted by atomic mass is 16.5. The molecule has 0 radical (unpaired) electrons. The van der Waals surface area contributed by atoms with Gasteiger partial charge in [0.15, 0.2) is 5.96 Å². The van der Waals surface area contributed by atoms with Crippen LogP contribution >= 0.6 is 0 Å². The second kappa shape index (κ2) is 8.52. The number of hydrogen-bond acceptors (Lipinski definition) is 3. The minimum atomic E-state index is 0.169. The lowest BCUT2D eigenvalue weighted by Gasteiger charge is -2.43. The van der Waals surface area contributed by atoms with Crippen molar-refractivity contribution < 1.29 is 9.53 Å². The van der Waals surface area contributed by atoms with Crippen molar-refractivity contribution in [2.45, 2.75) is 39.0 Å². The number of aliphatic imine (C=N–C) groups is 1. The zero-order valence-electron chi connectivity index (χ0n) is 14.9. The Kier molecular flexibility index (Phi) is 6.69. The summed E-state index contributed by atoms with van der Waals surface area (Å²) >= 11 is 0. The van der Waals surface area contributed by atoms with Crippen LogP contribution in [-0.4, -0.2) is 75.2 Å². The van der Waals surface area contributed by atoms with Crippen LogP contribution in [0.2, 0.25) is 0 Å². The van der Waals surface area contributed by atoms with Gasteiger partial charge in [-0.1, -0.05) is 6.42 Å². The van der Waals surface area contributed by atoms with Gasteiger partial charge in [0.1, 0.15) is 0 Å². The third-order valence-electron chi connectivity index (χ3n) is 5.32. The summed E-state index contributed by atoms with van der Waals surface area (Å²) in [7, 11) is 3.62. The number of nitrogens with zero attached hydrogens (tertiary/aromatic N) is 3. The highest BCUT2D eigenvalue weighted by Crippen LogP contribution is 2.43. The summed E-state index contributed by atoms with van der Waals surface area (Å²) in [5.41, 5.74) is 0.378. The molecule has 0 unspecified atom stereocenters. The number of carbonyl (C=O) groups excluding carboxylic acids is 1. The predicted molar refractivity (Wildman–Crippen MR) is 92.6 cm³/mol. The molecule has 0 bridgehead atoms. The van der Waals surface area contributed by atoms with Crippen molar-refractivity contribution in [1.29, 1.82) is 0 Å². The highest BCUT2D eigenvalue weighted by Gasteiger charge is 2.36. The molecule has 2 aliphatic rings. The van der Waals surface area contributed by atoms with Gasteiger partial charge in [0.25, 0.3) is 0 Å². The zero-order chi connectivity index (χ0) is 16.7. The summed E-state index contributed by atoms with van der Waals surface area (Å²) < 4.78 is 5.27. The second-order valence-electron chi connectivity index (χ2n) is 6.84. The molecule has 132 valence electrons. The molecular formula is C17H32N4O2.